The van der Waals surface area contributed by atoms with Gasteiger partial charge >= 0.3 is 6.09 Å². The van der Waals surface area contributed by atoms with E-state index < -0.39 is 40.6 Å². The highest BCUT2D eigenvalue weighted by Crippen LogP contribution is 2.21. The van der Waals surface area contributed by atoms with Crippen molar-refractivity contribution in [3.05, 3.63) is 57.0 Å². The molecule has 0 radical (unpaired) electrons. The molecule has 2 heterocycles. The van der Waals surface area contributed by atoms with Gasteiger partial charge in [-0.05, 0) is 51.9 Å². The summed E-state index contributed by atoms with van der Waals surface area (Å²) in [4.78, 5) is 44.0. The predicted octanol–water partition coefficient (Wildman–Crippen LogP) is 1.84. The summed E-state index contributed by atoms with van der Waals surface area (Å²) >= 11 is 0. The largest absolute Gasteiger partial charge is 0.501 e. The Kier molecular flexibility index (Phi) is 7.25. The molecule has 3 rings (SSSR count). The lowest BCUT2D eigenvalue weighted by atomic mass is 10.1. The first-order chi connectivity index (χ1) is 15.9. The van der Waals surface area contributed by atoms with Crippen LogP contribution in [0.1, 0.15) is 54.3 Å². The lowest BCUT2D eigenvalue weighted by Gasteiger charge is -2.27. The quantitative estimate of drug-likeness (QED) is 0.616. The third kappa shape index (κ3) is 5.53. The predicted molar refractivity (Wildman–Crippen MR) is 122 cm³/mol. The van der Waals surface area contributed by atoms with Crippen LogP contribution < -0.4 is 16.2 Å². The maximum atomic E-state index is 13.5. The van der Waals surface area contributed by atoms with E-state index in [0.29, 0.717) is 11.1 Å². The van der Waals surface area contributed by atoms with E-state index in [1.807, 2.05) is 0 Å². The van der Waals surface area contributed by atoms with Crippen molar-refractivity contribution in [1.29, 1.82) is 0 Å². The SMILES string of the molecule is CNC1CN(C(=O)OC(C)(C)C)CCn2c1nc(C(=O)NCc1ccc(F)c(C)c1)c(O)c2=O. The Bertz CT molecular complexity index is 1160. The minimum absolute atomic E-state index is 0.0569. The molecule has 3 N–H and O–H groups in total. The summed E-state index contributed by atoms with van der Waals surface area (Å²) in [5, 5.41) is 16.1. The van der Waals surface area contributed by atoms with Crippen molar-refractivity contribution in [3.63, 3.8) is 0 Å². The number of likely N-dealkylation sites (N-methyl/N-ethyl adjacent to an activating group) is 1. The van der Waals surface area contributed by atoms with E-state index in [1.165, 1.54) is 21.6 Å². The fourth-order valence-corrected chi connectivity index (χ4v) is 3.61. The number of carbonyl (C=O) groups excluding carboxylic acids is 2. The van der Waals surface area contributed by atoms with E-state index in [1.54, 1.807) is 40.8 Å². The van der Waals surface area contributed by atoms with Crippen LogP contribution in [0, 0.1) is 12.7 Å². The van der Waals surface area contributed by atoms with E-state index in [4.69, 9.17) is 4.74 Å². The zero-order valence-corrected chi connectivity index (χ0v) is 19.9. The van der Waals surface area contributed by atoms with Gasteiger partial charge in [0.05, 0.1) is 6.04 Å². The van der Waals surface area contributed by atoms with Crippen molar-refractivity contribution in [2.24, 2.45) is 0 Å². The lowest BCUT2D eigenvalue weighted by Crippen LogP contribution is -2.41. The minimum atomic E-state index is -0.780. The molecule has 0 saturated heterocycles. The first-order valence-corrected chi connectivity index (χ1v) is 10.9. The molecule has 0 saturated carbocycles. The summed E-state index contributed by atoms with van der Waals surface area (Å²) < 4.78 is 20.2. The highest BCUT2D eigenvalue weighted by Gasteiger charge is 2.32. The van der Waals surface area contributed by atoms with Gasteiger partial charge in [-0.25, -0.2) is 14.2 Å². The van der Waals surface area contributed by atoms with Gasteiger partial charge in [-0.1, -0.05) is 12.1 Å². The number of aryl methyl sites for hydroxylation is 1. The zero-order valence-electron chi connectivity index (χ0n) is 19.9. The van der Waals surface area contributed by atoms with Gasteiger partial charge in [0.25, 0.3) is 11.5 Å². The Morgan fingerprint density at radius 1 is 1.29 bits per heavy atom. The van der Waals surface area contributed by atoms with Gasteiger partial charge in [-0.15, -0.1) is 0 Å². The smallest absolute Gasteiger partial charge is 0.410 e. The number of nitrogens with zero attached hydrogens (tertiary/aromatic N) is 3. The maximum Gasteiger partial charge on any atom is 0.410 e. The number of rotatable bonds is 4. The molecule has 11 heteroatoms. The van der Waals surface area contributed by atoms with Crippen LogP contribution in [-0.2, 0) is 17.8 Å². The average Bonchev–Trinajstić information content (AvgIpc) is 2.95. The number of ether oxygens (including phenoxy) is 1. The number of aromatic nitrogens is 2. The fraction of sp³-hybridized carbons (Fsp3) is 0.478. The summed E-state index contributed by atoms with van der Waals surface area (Å²) in [6, 6.07) is 3.84. The molecule has 2 amide bonds. The number of nitrogens with one attached hydrogen (secondary N) is 2. The van der Waals surface area contributed by atoms with Gasteiger partial charge < -0.3 is 25.4 Å². The number of aromatic hydroxyl groups is 1. The number of benzene rings is 1. The number of hydrogen-bond acceptors (Lipinski definition) is 7. The van der Waals surface area contributed by atoms with Crippen LogP contribution in [0.15, 0.2) is 23.0 Å². The first-order valence-electron chi connectivity index (χ1n) is 10.9. The van der Waals surface area contributed by atoms with Gasteiger partial charge in [-0.2, -0.15) is 0 Å². The van der Waals surface area contributed by atoms with E-state index >= 15 is 0 Å². The number of amides is 2. The molecule has 184 valence electrons. The molecule has 0 fully saturated rings. The van der Waals surface area contributed by atoms with Crippen LogP contribution >= 0.6 is 0 Å². The molecule has 0 spiro atoms. The van der Waals surface area contributed by atoms with Gasteiger partial charge in [0.1, 0.15) is 17.2 Å². The highest BCUT2D eigenvalue weighted by atomic mass is 19.1. The molecular weight excluding hydrogens is 445 g/mol. The van der Waals surface area contributed by atoms with E-state index in [0.717, 1.165) is 0 Å². The second kappa shape index (κ2) is 9.80. The molecule has 34 heavy (non-hydrogen) atoms. The van der Waals surface area contributed by atoms with Crippen LogP contribution in [0.3, 0.4) is 0 Å². The van der Waals surface area contributed by atoms with Crippen molar-refractivity contribution < 1.29 is 23.8 Å². The van der Waals surface area contributed by atoms with Crippen LogP contribution in [0.2, 0.25) is 0 Å². The third-order valence-electron chi connectivity index (χ3n) is 5.37. The Hall–Kier alpha value is -3.47. The minimum Gasteiger partial charge on any atom is -0.501 e. The molecule has 1 unspecified atom stereocenters. The molecule has 10 nitrogen and oxygen atoms in total. The Morgan fingerprint density at radius 2 is 2.00 bits per heavy atom. The Labute approximate surface area is 196 Å². The Balaban J connectivity index is 1.86. The number of carbonyl (C=O) groups is 2. The van der Waals surface area contributed by atoms with Crippen LogP contribution in [-0.4, -0.2) is 57.3 Å². The maximum absolute atomic E-state index is 13.5. The van der Waals surface area contributed by atoms with Gasteiger partial charge in [0.15, 0.2) is 5.69 Å². The first kappa shape index (κ1) is 25.2. The molecule has 2 aromatic rings. The topological polar surface area (TPSA) is 126 Å². The van der Waals surface area contributed by atoms with Crippen LogP contribution in [0.4, 0.5) is 9.18 Å². The second-order valence-corrected chi connectivity index (χ2v) is 9.16. The average molecular weight is 476 g/mol. The fourth-order valence-electron chi connectivity index (χ4n) is 3.61. The summed E-state index contributed by atoms with van der Waals surface area (Å²) in [5.74, 6) is -1.66. The number of halogens is 1. The molecule has 1 aromatic carbocycles. The molecule has 1 aromatic heterocycles. The van der Waals surface area contributed by atoms with E-state index in [9.17, 15) is 23.9 Å². The molecular formula is C23H30FN5O5. The van der Waals surface area contributed by atoms with Crippen molar-refractivity contribution in [2.75, 3.05) is 20.1 Å². The standard InChI is InChI=1S/C23H30FN5O5/c1-13-10-14(6-7-15(13)24)11-26-20(31)17-18(30)21(32)29-9-8-28(22(33)34-23(2,3)4)12-16(25-5)19(29)27-17/h6-7,10,16,25,30H,8-9,11-12H2,1-5H3,(H,26,31). The third-order valence-corrected chi connectivity index (χ3v) is 5.37. The molecule has 1 aliphatic rings. The van der Waals surface area contributed by atoms with Gasteiger partial charge in [0, 0.05) is 26.2 Å². The molecule has 0 aliphatic carbocycles. The molecule has 0 bridgehead atoms. The van der Waals surface area contributed by atoms with Crippen molar-refractivity contribution in [1.82, 2.24) is 25.1 Å². The van der Waals surface area contributed by atoms with Crippen LogP contribution in [0.5, 0.6) is 5.75 Å². The summed E-state index contributed by atoms with van der Waals surface area (Å²) in [5.41, 5.74) is -0.797. The monoisotopic (exact) mass is 475 g/mol. The van der Waals surface area contributed by atoms with E-state index in [-0.39, 0.29) is 37.8 Å². The summed E-state index contributed by atoms with van der Waals surface area (Å²) in [6.45, 7) is 7.33. The molecule has 1 atom stereocenters. The van der Waals surface area contributed by atoms with Crippen molar-refractivity contribution in [3.8, 4) is 5.75 Å². The van der Waals surface area contributed by atoms with Crippen molar-refractivity contribution >= 4 is 12.0 Å². The number of hydrogen-bond donors (Lipinski definition) is 3. The van der Waals surface area contributed by atoms with Gasteiger partial charge in [0.2, 0.25) is 5.75 Å². The normalized spacial score (nSPS) is 15.9. The van der Waals surface area contributed by atoms with Crippen molar-refractivity contribution in [2.45, 2.75) is 52.4 Å². The number of fused-ring (bicyclic) bond motifs is 1. The lowest BCUT2D eigenvalue weighted by molar-refractivity contribution is 0.0237. The highest BCUT2D eigenvalue weighted by molar-refractivity contribution is 5.94. The zero-order chi connectivity index (χ0) is 25.2. The van der Waals surface area contributed by atoms with Gasteiger partial charge in [-0.3, -0.25) is 14.2 Å². The van der Waals surface area contributed by atoms with Crippen LogP contribution in [0.25, 0.3) is 0 Å². The summed E-state index contributed by atoms with van der Waals surface area (Å²) in [7, 11) is 1.64. The summed E-state index contributed by atoms with van der Waals surface area (Å²) in [6.07, 6.45) is -0.537. The molecule has 1 aliphatic heterocycles. The van der Waals surface area contributed by atoms with E-state index in [2.05, 4.69) is 15.6 Å². The second-order valence-electron chi connectivity index (χ2n) is 9.16. The Morgan fingerprint density at radius 3 is 2.62 bits per heavy atom.